The van der Waals surface area contributed by atoms with Crippen molar-refractivity contribution in [3.05, 3.63) is 53.7 Å². The summed E-state index contributed by atoms with van der Waals surface area (Å²) in [5.74, 6) is 0.412. The second-order valence-corrected chi connectivity index (χ2v) is 10.1. The predicted molar refractivity (Wildman–Crippen MR) is 131 cm³/mol. The third-order valence-corrected chi connectivity index (χ3v) is 7.74. The van der Waals surface area contributed by atoms with Crippen molar-refractivity contribution in [2.24, 2.45) is 4.99 Å². The third-order valence-electron chi connectivity index (χ3n) is 5.93. The molecule has 0 bridgehead atoms. The number of nitrogens with zero attached hydrogens (tertiary/aromatic N) is 4. The molecule has 2 fully saturated rings. The number of sulfonamides is 1. The lowest BCUT2D eigenvalue weighted by atomic mass is 9.96. The third kappa shape index (κ3) is 5.79. The predicted octanol–water partition coefficient (Wildman–Crippen LogP) is 2.58. The summed E-state index contributed by atoms with van der Waals surface area (Å²) in [6.45, 7) is 5.29. The van der Waals surface area contributed by atoms with Gasteiger partial charge in [0.05, 0.1) is 12.2 Å². The smallest absolute Gasteiger partial charge is 0.220 e. The van der Waals surface area contributed by atoms with Gasteiger partial charge in [0.2, 0.25) is 10.0 Å². The number of aliphatic imine (C=N–C) groups is 1. The molecular formula is C21H29FIN5O3S. The van der Waals surface area contributed by atoms with Gasteiger partial charge in [-0.3, -0.25) is 4.99 Å². The lowest BCUT2D eigenvalue weighted by molar-refractivity contribution is 0.259. The fourth-order valence-corrected chi connectivity index (χ4v) is 5.34. The molecule has 0 radical (unpaired) electrons. The highest BCUT2D eigenvalue weighted by Crippen LogP contribution is 2.48. The minimum Gasteiger partial charge on any atom is -0.364 e. The van der Waals surface area contributed by atoms with Gasteiger partial charge in [-0.2, -0.15) is 4.31 Å². The maximum Gasteiger partial charge on any atom is 0.220 e. The molecule has 0 unspecified atom stereocenters. The lowest BCUT2D eigenvalue weighted by Crippen LogP contribution is -2.54. The summed E-state index contributed by atoms with van der Waals surface area (Å²) in [7, 11) is -3.44. The van der Waals surface area contributed by atoms with E-state index in [1.807, 2.05) is 19.1 Å². The van der Waals surface area contributed by atoms with Crippen LogP contribution in [0.15, 0.2) is 46.1 Å². The van der Waals surface area contributed by atoms with Crippen LogP contribution in [0.3, 0.4) is 0 Å². The Kier molecular flexibility index (Phi) is 8.15. The highest BCUT2D eigenvalue weighted by molar-refractivity contribution is 14.0. The van der Waals surface area contributed by atoms with Crippen LogP contribution in [0.1, 0.15) is 31.0 Å². The number of halogens is 2. The molecule has 2 aromatic rings. The van der Waals surface area contributed by atoms with E-state index in [1.165, 1.54) is 22.7 Å². The summed E-state index contributed by atoms with van der Waals surface area (Å²) in [5.41, 5.74) is 1.52. The van der Waals surface area contributed by atoms with Gasteiger partial charge in [-0.15, -0.1) is 24.0 Å². The molecule has 176 valence electrons. The van der Waals surface area contributed by atoms with Crippen LogP contribution in [0.5, 0.6) is 0 Å². The molecule has 1 aliphatic carbocycles. The van der Waals surface area contributed by atoms with Crippen molar-refractivity contribution in [1.29, 1.82) is 0 Å². The molecule has 11 heteroatoms. The van der Waals surface area contributed by atoms with Crippen LogP contribution in [-0.4, -0.2) is 68.0 Å². The van der Waals surface area contributed by atoms with Gasteiger partial charge in [0, 0.05) is 44.2 Å². The maximum atomic E-state index is 13.3. The SMILES string of the molecule is CCNC(=NCC1(c2ccc(F)cc2)CC1)N1CCN(S(=O)(=O)Cc2ccon2)CC1.I. The molecule has 1 N–H and O–H groups in total. The quantitative estimate of drug-likeness (QED) is 0.309. The van der Waals surface area contributed by atoms with E-state index in [0.29, 0.717) is 38.4 Å². The fraction of sp³-hybridized carbons (Fsp3) is 0.524. The maximum absolute atomic E-state index is 13.3. The van der Waals surface area contributed by atoms with Crippen LogP contribution in [0.25, 0.3) is 0 Å². The number of guanidine groups is 1. The summed E-state index contributed by atoms with van der Waals surface area (Å²) in [4.78, 5) is 6.97. The van der Waals surface area contributed by atoms with E-state index in [9.17, 15) is 12.8 Å². The van der Waals surface area contributed by atoms with Gasteiger partial charge in [-0.25, -0.2) is 12.8 Å². The first kappa shape index (κ1) is 24.9. The molecule has 1 aromatic carbocycles. The average Bonchev–Trinajstić information content (AvgIpc) is 3.39. The van der Waals surface area contributed by atoms with E-state index in [4.69, 9.17) is 9.52 Å². The number of piperazine rings is 1. The van der Waals surface area contributed by atoms with Gasteiger partial charge >= 0.3 is 0 Å². The van der Waals surface area contributed by atoms with Crippen molar-refractivity contribution < 1.29 is 17.3 Å². The number of hydrogen-bond acceptors (Lipinski definition) is 5. The Balaban J connectivity index is 0.00000289. The zero-order chi connectivity index (χ0) is 21.9. The lowest BCUT2D eigenvalue weighted by Gasteiger charge is -2.36. The van der Waals surface area contributed by atoms with Gasteiger partial charge in [-0.1, -0.05) is 17.3 Å². The van der Waals surface area contributed by atoms with Crippen LogP contribution in [0.4, 0.5) is 4.39 Å². The van der Waals surface area contributed by atoms with Crippen molar-refractivity contribution in [3.63, 3.8) is 0 Å². The van der Waals surface area contributed by atoms with E-state index in [2.05, 4.69) is 15.4 Å². The van der Waals surface area contributed by atoms with Crippen molar-refractivity contribution in [1.82, 2.24) is 19.7 Å². The van der Waals surface area contributed by atoms with Crippen LogP contribution >= 0.6 is 24.0 Å². The molecule has 1 saturated heterocycles. The second-order valence-electron chi connectivity index (χ2n) is 8.09. The molecule has 8 nitrogen and oxygen atoms in total. The molecular weight excluding hydrogens is 548 g/mol. The van der Waals surface area contributed by atoms with E-state index < -0.39 is 10.0 Å². The van der Waals surface area contributed by atoms with E-state index in [1.54, 1.807) is 6.07 Å². The Morgan fingerprint density at radius 2 is 1.88 bits per heavy atom. The first-order valence-electron chi connectivity index (χ1n) is 10.6. The number of aromatic nitrogens is 1. The van der Waals surface area contributed by atoms with E-state index >= 15 is 0 Å². The van der Waals surface area contributed by atoms with Gasteiger partial charge in [0.25, 0.3) is 0 Å². The summed E-state index contributed by atoms with van der Waals surface area (Å²) in [6, 6.07) is 8.28. The number of hydrogen-bond donors (Lipinski definition) is 1. The van der Waals surface area contributed by atoms with E-state index in [0.717, 1.165) is 30.9 Å². The van der Waals surface area contributed by atoms with E-state index in [-0.39, 0.29) is 41.0 Å². The van der Waals surface area contributed by atoms with Crippen LogP contribution in [-0.2, 0) is 21.2 Å². The van der Waals surface area contributed by atoms with Crippen LogP contribution in [0.2, 0.25) is 0 Å². The molecule has 1 aliphatic heterocycles. The topological polar surface area (TPSA) is 91.0 Å². The van der Waals surface area contributed by atoms with Gasteiger partial charge in [0.1, 0.15) is 17.8 Å². The highest BCUT2D eigenvalue weighted by atomic mass is 127. The summed E-state index contributed by atoms with van der Waals surface area (Å²) >= 11 is 0. The van der Waals surface area contributed by atoms with Crippen molar-refractivity contribution >= 4 is 40.0 Å². The molecule has 0 amide bonds. The summed E-state index contributed by atoms with van der Waals surface area (Å²) in [6.07, 6.45) is 3.45. The molecule has 2 heterocycles. The number of rotatable bonds is 7. The molecule has 1 saturated carbocycles. The minimum absolute atomic E-state index is 0. The second kappa shape index (κ2) is 10.5. The van der Waals surface area contributed by atoms with Crippen LogP contribution in [0, 0.1) is 5.82 Å². The minimum atomic E-state index is -3.44. The van der Waals surface area contributed by atoms with Gasteiger partial charge < -0.3 is 14.7 Å². The molecule has 2 aliphatic rings. The molecule has 0 atom stereocenters. The fourth-order valence-electron chi connectivity index (χ4n) is 3.91. The first-order chi connectivity index (χ1) is 14.9. The molecule has 0 spiro atoms. The Morgan fingerprint density at radius 3 is 2.44 bits per heavy atom. The molecule has 32 heavy (non-hydrogen) atoms. The zero-order valence-electron chi connectivity index (χ0n) is 18.0. The van der Waals surface area contributed by atoms with Gasteiger partial charge in [-0.05, 0) is 37.5 Å². The monoisotopic (exact) mass is 577 g/mol. The Labute approximate surface area is 205 Å². The Morgan fingerprint density at radius 1 is 1.19 bits per heavy atom. The van der Waals surface area contributed by atoms with Crippen molar-refractivity contribution in [3.8, 4) is 0 Å². The molecule has 4 rings (SSSR count). The summed E-state index contributed by atoms with van der Waals surface area (Å²) < 4.78 is 44.8. The largest absolute Gasteiger partial charge is 0.364 e. The van der Waals surface area contributed by atoms with Crippen LogP contribution < -0.4 is 5.32 Å². The standard InChI is InChI=1S/C21H28FN5O3S.HI/c1-2-23-20(24-16-21(8-9-21)17-3-5-18(22)6-4-17)26-10-12-27(13-11-26)31(28,29)15-19-7-14-30-25-19;/h3-7,14H,2,8-13,15-16H2,1H3,(H,23,24);1H. The molecule has 1 aromatic heterocycles. The normalized spacial score (nSPS) is 18.8. The number of nitrogens with one attached hydrogen (secondary N) is 1. The van der Waals surface area contributed by atoms with Gasteiger partial charge in [0.15, 0.2) is 5.96 Å². The van der Waals surface area contributed by atoms with Crippen molar-refractivity contribution in [2.75, 3.05) is 39.3 Å². The first-order valence-corrected chi connectivity index (χ1v) is 12.2. The summed E-state index contributed by atoms with van der Waals surface area (Å²) in [5, 5.41) is 7.03. The zero-order valence-corrected chi connectivity index (χ0v) is 21.2. The van der Waals surface area contributed by atoms with Crippen molar-refractivity contribution in [2.45, 2.75) is 30.9 Å². The number of benzene rings is 1. The average molecular weight is 577 g/mol. The Hall–Kier alpha value is -1.73. The highest BCUT2D eigenvalue weighted by Gasteiger charge is 2.44. The Bertz CT molecular complexity index is 1000.